The molecule has 1 aliphatic heterocycles. The molecule has 1 heterocycles. The van der Waals surface area contributed by atoms with E-state index >= 15 is 0 Å². The van der Waals surface area contributed by atoms with Crippen molar-refractivity contribution in [2.45, 2.75) is 19.3 Å². The Kier molecular flexibility index (Phi) is 3.89. The van der Waals surface area contributed by atoms with E-state index in [1.54, 1.807) is 23.1 Å². The average molecular weight is 337 g/mol. The molecule has 0 spiro atoms. The van der Waals surface area contributed by atoms with E-state index in [0.717, 1.165) is 17.2 Å². The van der Waals surface area contributed by atoms with Gasteiger partial charge >= 0.3 is 6.18 Å². The van der Waals surface area contributed by atoms with Crippen LogP contribution in [0.5, 0.6) is 0 Å². The predicted octanol–water partition coefficient (Wildman–Crippen LogP) is 4.01. The Morgan fingerprint density at radius 2 is 1.74 bits per heavy atom. The summed E-state index contributed by atoms with van der Waals surface area (Å²) in [5.41, 5.74) is 7.54. The van der Waals surface area contributed by atoms with Gasteiger partial charge in [0.05, 0.1) is 11.3 Å². The number of nitrogens with two attached hydrogens (primary N) is 1. The summed E-state index contributed by atoms with van der Waals surface area (Å²) in [4.78, 5) is 1.81. The number of hydrogen-bond donors (Lipinski definition) is 2. The number of halogens is 3. The molecule has 3 nitrogen and oxygen atoms in total. The number of hydrogen-bond acceptors (Lipinski definition) is 2. The number of rotatable bonds is 2. The molecule has 0 amide bonds. The molecule has 0 fully saturated rings. The summed E-state index contributed by atoms with van der Waals surface area (Å²) in [6.07, 6.45) is -4.41. The van der Waals surface area contributed by atoms with Gasteiger partial charge in [0.2, 0.25) is 0 Å². The van der Waals surface area contributed by atoms with E-state index in [4.69, 9.17) is 18.0 Å². The Hall–Kier alpha value is -2.28. The first kappa shape index (κ1) is 15.6. The molecule has 0 radical (unpaired) electrons. The van der Waals surface area contributed by atoms with Crippen LogP contribution in [0.25, 0.3) is 0 Å². The Bertz CT molecular complexity index is 758. The van der Waals surface area contributed by atoms with Crippen molar-refractivity contribution >= 4 is 28.7 Å². The van der Waals surface area contributed by atoms with Crippen LogP contribution in [-0.2, 0) is 19.3 Å². The van der Waals surface area contributed by atoms with Crippen molar-refractivity contribution in [1.29, 1.82) is 0 Å². The smallest absolute Gasteiger partial charge is 0.376 e. The maximum Gasteiger partial charge on any atom is 0.418 e. The number of anilines is 2. The molecule has 7 heteroatoms. The first-order chi connectivity index (χ1) is 10.9. The van der Waals surface area contributed by atoms with Crippen LogP contribution < -0.4 is 11.1 Å². The SMILES string of the molecule is NC(=S)N1Cc2cccc(Nc3ccccc3C(F)(F)F)c2C1. The molecule has 23 heavy (non-hydrogen) atoms. The molecule has 120 valence electrons. The van der Waals surface area contributed by atoms with Crippen LogP contribution in [0.15, 0.2) is 42.5 Å². The number of benzene rings is 2. The van der Waals surface area contributed by atoms with Crippen LogP contribution in [0.2, 0.25) is 0 Å². The van der Waals surface area contributed by atoms with Gasteiger partial charge in [0.15, 0.2) is 5.11 Å². The number of thiocarbonyl (C=S) groups is 1. The molecule has 0 saturated carbocycles. The van der Waals surface area contributed by atoms with Crippen LogP contribution >= 0.6 is 12.2 Å². The lowest BCUT2D eigenvalue weighted by Crippen LogP contribution is -2.30. The van der Waals surface area contributed by atoms with Crippen molar-refractivity contribution in [3.8, 4) is 0 Å². The molecule has 3 rings (SSSR count). The van der Waals surface area contributed by atoms with Gasteiger partial charge in [-0.05, 0) is 41.5 Å². The molecule has 0 bridgehead atoms. The highest BCUT2D eigenvalue weighted by Crippen LogP contribution is 2.37. The van der Waals surface area contributed by atoms with E-state index in [1.807, 2.05) is 6.07 Å². The van der Waals surface area contributed by atoms with Gasteiger partial charge in [0.25, 0.3) is 0 Å². The maximum atomic E-state index is 13.1. The molecule has 3 N–H and O–H groups in total. The van der Waals surface area contributed by atoms with Gasteiger partial charge in [-0.15, -0.1) is 0 Å². The maximum absolute atomic E-state index is 13.1. The normalized spacial score (nSPS) is 13.8. The van der Waals surface area contributed by atoms with E-state index in [-0.39, 0.29) is 10.8 Å². The van der Waals surface area contributed by atoms with Gasteiger partial charge in [-0.1, -0.05) is 24.3 Å². The minimum atomic E-state index is -4.41. The molecule has 0 saturated heterocycles. The zero-order valence-electron chi connectivity index (χ0n) is 12.0. The van der Waals surface area contributed by atoms with Crippen LogP contribution in [0, 0.1) is 0 Å². The zero-order chi connectivity index (χ0) is 16.6. The molecule has 0 atom stereocenters. The molecular weight excluding hydrogens is 323 g/mol. The highest BCUT2D eigenvalue weighted by molar-refractivity contribution is 7.80. The van der Waals surface area contributed by atoms with Crippen molar-refractivity contribution in [2.24, 2.45) is 5.73 Å². The van der Waals surface area contributed by atoms with Gasteiger partial charge in [0, 0.05) is 18.8 Å². The molecule has 2 aromatic carbocycles. The first-order valence-corrected chi connectivity index (χ1v) is 7.35. The highest BCUT2D eigenvalue weighted by atomic mass is 32.1. The lowest BCUT2D eigenvalue weighted by Gasteiger charge is -2.17. The number of alkyl halides is 3. The van der Waals surface area contributed by atoms with E-state index in [2.05, 4.69) is 5.32 Å². The van der Waals surface area contributed by atoms with E-state index in [9.17, 15) is 13.2 Å². The van der Waals surface area contributed by atoms with Crippen LogP contribution in [0.4, 0.5) is 24.5 Å². The van der Waals surface area contributed by atoms with Gasteiger partial charge < -0.3 is 16.0 Å². The topological polar surface area (TPSA) is 41.3 Å². The zero-order valence-corrected chi connectivity index (χ0v) is 12.8. The van der Waals surface area contributed by atoms with Gasteiger partial charge in [-0.25, -0.2) is 0 Å². The van der Waals surface area contributed by atoms with Crippen LogP contribution in [0.3, 0.4) is 0 Å². The minimum Gasteiger partial charge on any atom is -0.376 e. The van der Waals surface area contributed by atoms with Gasteiger partial charge in [-0.3, -0.25) is 0 Å². The summed E-state index contributed by atoms with van der Waals surface area (Å²) < 4.78 is 39.3. The van der Waals surface area contributed by atoms with Crippen molar-refractivity contribution < 1.29 is 13.2 Å². The fourth-order valence-corrected chi connectivity index (χ4v) is 2.81. The Balaban J connectivity index is 1.95. The second-order valence-corrected chi connectivity index (χ2v) is 5.72. The number of nitrogens with zero attached hydrogens (tertiary/aromatic N) is 1. The lowest BCUT2D eigenvalue weighted by atomic mass is 10.1. The number of fused-ring (bicyclic) bond motifs is 1. The number of para-hydroxylation sites is 1. The number of nitrogens with one attached hydrogen (secondary N) is 1. The summed E-state index contributed by atoms with van der Waals surface area (Å²) in [5, 5.41) is 3.19. The molecule has 1 aliphatic rings. The van der Waals surface area contributed by atoms with Crippen LogP contribution in [0.1, 0.15) is 16.7 Å². The Morgan fingerprint density at radius 3 is 2.43 bits per heavy atom. The summed E-state index contributed by atoms with van der Waals surface area (Å²) in [6, 6.07) is 10.9. The Morgan fingerprint density at radius 1 is 1.04 bits per heavy atom. The second kappa shape index (κ2) is 5.73. The third-order valence-corrected chi connectivity index (χ3v) is 4.05. The van der Waals surface area contributed by atoms with Crippen molar-refractivity contribution in [3.05, 3.63) is 59.2 Å². The third-order valence-electron chi connectivity index (χ3n) is 3.80. The van der Waals surface area contributed by atoms with Crippen LogP contribution in [-0.4, -0.2) is 10.0 Å². The highest BCUT2D eigenvalue weighted by Gasteiger charge is 2.33. The summed E-state index contributed by atoms with van der Waals surface area (Å²) >= 11 is 4.98. The average Bonchev–Trinajstić information content (AvgIpc) is 2.92. The molecular formula is C16H14F3N3S. The molecule has 0 aromatic heterocycles. The molecule has 0 unspecified atom stereocenters. The lowest BCUT2D eigenvalue weighted by molar-refractivity contribution is -0.136. The fourth-order valence-electron chi connectivity index (χ4n) is 2.68. The molecule has 0 aliphatic carbocycles. The minimum absolute atomic E-state index is 0.0298. The quantitative estimate of drug-likeness (QED) is 0.813. The fraction of sp³-hybridized carbons (Fsp3) is 0.188. The second-order valence-electron chi connectivity index (χ2n) is 5.31. The van der Waals surface area contributed by atoms with Crippen molar-refractivity contribution in [3.63, 3.8) is 0 Å². The largest absolute Gasteiger partial charge is 0.418 e. The van der Waals surface area contributed by atoms with E-state index in [0.29, 0.717) is 18.8 Å². The third kappa shape index (κ3) is 3.10. The van der Waals surface area contributed by atoms with Gasteiger partial charge in [-0.2, -0.15) is 13.2 Å². The van der Waals surface area contributed by atoms with E-state index < -0.39 is 11.7 Å². The summed E-state index contributed by atoms with van der Waals surface area (Å²) in [6.45, 7) is 1.06. The summed E-state index contributed by atoms with van der Waals surface area (Å²) in [5.74, 6) is 0. The van der Waals surface area contributed by atoms with Crippen molar-refractivity contribution in [2.75, 3.05) is 5.32 Å². The van der Waals surface area contributed by atoms with E-state index in [1.165, 1.54) is 12.1 Å². The first-order valence-electron chi connectivity index (χ1n) is 6.94. The standard InChI is InChI=1S/C16H14F3N3S/c17-16(18,19)12-5-1-2-6-14(12)21-13-7-3-4-10-8-22(15(20)23)9-11(10)13/h1-7,21H,8-9H2,(H2,20,23). The monoisotopic (exact) mass is 337 g/mol. The predicted molar refractivity (Wildman–Crippen MR) is 87.2 cm³/mol. The summed E-state index contributed by atoms with van der Waals surface area (Å²) in [7, 11) is 0. The van der Waals surface area contributed by atoms with Gasteiger partial charge in [0.1, 0.15) is 0 Å². The van der Waals surface area contributed by atoms with Crippen molar-refractivity contribution in [1.82, 2.24) is 4.90 Å². The molecule has 2 aromatic rings. The Labute approximate surface area is 136 Å².